The predicted molar refractivity (Wildman–Crippen MR) is 81.9 cm³/mol. The van der Waals surface area contributed by atoms with Gasteiger partial charge in [-0.25, -0.2) is 17.9 Å². The molecule has 0 aliphatic rings. The zero-order valence-electron chi connectivity index (χ0n) is 12.1. The monoisotopic (exact) mass is 380 g/mol. The first kappa shape index (κ1) is 18.1. The van der Waals surface area contributed by atoms with Crippen molar-refractivity contribution in [1.29, 1.82) is 0 Å². The number of nitrogens with zero attached hydrogens (tertiary/aromatic N) is 1. The molecule has 2 N–H and O–H groups in total. The van der Waals surface area contributed by atoms with Crippen LogP contribution in [0, 0.1) is 5.82 Å². The number of nitrogens with two attached hydrogens (primary N) is 1. The number of sulfonamides is 1. The summed E-state index contributed by atoms with van der Waals surface area (Å²) in [7, 11) is -4.05. The fourth-order valence-electron chi connectivity index (χ4n) is 1.90. The summed E-state index contributed by atoms with van der Waals surface area (Å²) in [6.07, 6.45) is 0.712. The number of halogens is 2. The zero-order chi connectivity index (χ0) is 16.4. The molecule has 21 heavy (non-hydrogen) atoms. The fourth-order valence-corrected chi connectivity index (χ4v) is 3.51. The lowest BCUT2D eigenvalue weighted by molar-refractivity contribution is 0.0701. The van der Waals surface area contributed by atoms with E-state index in [4.69, 9.17) is 5.14 Å². The fraction of sp³-hybridized carbons (Fsp3) is 0.462. The van der Waals surface area contributed by atoms with Crippen LogP contribution < -0.4 is 5.14 Å². The number of hydrogen-bond donors (Lipinski definition) is 1. The highest BCUT2D eigenvalue weighted by atomic mass is 79.9. The van der Waals surface area contributed by atoms with Crippen molar-refractivity contribution < 1.29 is 17.6 Å². The normalized spacial score (nSPS) is 11.8. The number of rotatable bonds is 5. The SMILES string of the molecule is CCCN(C(=O)c1cc(S(N)(=O)=O)c(Br)cc1F)C(C)C. The van der Waals surface area contributed by atoms with Gasteiger partial charge in [0.1, 0.15) is 5.82 Å². The van der Waals surface area contributed by atoms with Gasteiger partial charge in [0, 0.05) is 17.1 Å². The van der Waals surface area contributed by atoms with Crippen molar-refractivity contribution in [2.75, 3.05) is 6.54 Å². The van der Waals surface area contributed by atoms with Gasteiger partial charge in [0.2, 0.25) is 10.0 Å². The van der Waals surface area contributed by atoms with E-state index in [2.05, 4.69) is 15.9 Å². The maximum absolute atomic E-state index is 14.0. The van der Waals surface area contributed by atoms with E-state index in [1.807, 2.05) is 20.8 Å². The molecule has 1 amide bonds. The standard InChI is InChI=1S/C13H18BrFN2O3S/c1-4-5-17(8(2)3)13(18)9-6-12(21(16,19)20)10(14)7-11(9)15/h6-8H,4-5H2,1-3H3,(H2,16,19,20). The van der Waals surface area contributed by atoms with Crippen LogP contribution in [0.4, 0.5) is 4.39 Å². The summed E-state index contributed by atoms with van der Waals surface area (Å²) < 4.78 is 37.0. The van der Waals surface area contributed by atoms with E-state index < -0.39 is 21.7 Å². The Labute approximate surface area is 132 Å². The molecular weight excluding hydrogens is 363 g/mol. The second-order valence-electron chi connectivity index (χ2n) is 4.90. The zero-order valence-corrected chi connectivity index (χ0v) is 14.5. The Kier molecular flexibility index (Phi) is 5.89. The van der Waals surface area contributed by atoms with Gasteiger partial charge in [-0.05, 0) is 48.3 Å². The van der Waals surface area contributed by atoms with Crippen LogP contribution >= 0.6 is 15.9 Å². The Morgan fingerprint density at radius 1 is 1.43 bits per heavy atom. The second-order valence-corrected chi connectivity index (χ2v) is 7.28. The van der Waals surface area contributed by atoms with Crippen LogP contribution in [-0.4, -0.2) is 31.8 Å². The minimum Gasteiger partial charge on any atom is -0.336 e. The largest absolute Gasteiger partial charge is 0.336 e. The van der Waals surface area contributed by atoms with E-state index in [0.29, 0.717) is 13.0 Å². The lowest BCUT2D eigenvalue weighted by atomic mass is 10.1. The topological polar surface area (TPSA) is 80.5 Å². The molecule has 0 heterocycles. The molecule has 0 spiro atoms. The molecular formula is C13H18BrFN2O3S. The van der Waals surface area contributed by atoms with Crippen LogP contribution in [-0.2, 0) is 10.0 Å². The number of amides is 1. The molecule has 0 fully saturated rings. The minimum absolute atomic E-state index is 0.00867. The summed E-state index contributed by atoms with van der Waals surface area (Å²) in [5, 5.41) is 5.07. The summed E-state index contributed by atoms with van der Waals surface area (Å²) in [5.41, 5.74) is -0.302. The maximum atomic E-state index is 14.0. The Hall–Kier alpha value is -0.990. The first-order valence-corrected chi connectivity index (χ1v) is 8.76. The van der Waals surface area contributed by atoms with Crippen molar-refractivity contribution in [2.24, 2.45) is 5.14 Å². The van der Waals surface area contributed by atoms with Crippen molar-refractivity contribution >= 4 is 31.9 Å². The van der Waals surface area contributed by atoms with Gasteiger partial charge in [-0.3, -0.25) is 4.79 Å². The third-order valence-electron chi connectivity index (χ3n) is 2.91. The third-order valence-corrected chi connectivity index (χ3v) is 4.78. The quantitative estimate of drug-likeness (QED) is 0.851. The van der Waals surface area contributed by atoms with Gasteiger partial charge in [-0.15, -0.1) is 0 Å². The predicted octanol–water partition coefficient (Wildman–Crippen LogP) is 2.50. The van der Waals surface area contributed by atoms with Gasteiger partial charge in [0.05, 0.1) is 10.5 Å². The van der Waals surface area contributed by atoms with Gasteiger partial charge in [0.15, 0.2) is 0 Å². The molecule has 5 nitrogen and oxygen atoms in total. The van der Waals surface area contributed by atoms with Crippen LogP contribution in [0.2, 0.25) is 0 Å². The van der Waals surface area contributed by atoms with Gasteiger partial charge in [-0.1, -0.05) is 6.92 Å². The lowest BCUT2D eigenvalue weighted by Crippen LogP contribution is -2.38. The van der Waals surface area contributed by atoms with Crippen LogP contribution in [0.5, 0.6) is 0 Å². The summed E-state index contributed by atoms with van der Waals surface area (Å²) in [6.45, 7) is 5.98. The van der Waals surface area contributed by atoms with E-state index >= 15 is 0 Å². The highest BCUT2D eigenvalue weighted by Gasteiger charge is 2.25. The van der Waals surface area contributed by atoms with Crippen LogP contribution in [0.25, 0.3) is 0 Å². The highest BCUT2D eigenvalue weighted by Crippen LogP contribution is 2.26. The molecule has 0 bridgehead atoms. The van der Waals surface area contributed by atoms with Crippen LogP contribution in [0.3, 0.4) is 0 Å². The van der Waals surface area contributed by atoms with Crippen molar-refractivity contribution in [3.63, 3.8) is 0 Å². The molecule has 1 rings (SSSR count). The number of carbonyl (C=O) groups is 1. The van der Waals surface area contributed by atoms with Crippen molar-refractivity contribution in [2.45, 2.75) is 38.1 Å². The summed E-state index contributed by atoms with van der Waals surface area (Å²) >= 11 is 2.94. The second kappa shape index (κ2) is 6.85. The Bertz CT molecular complexity index is 647. The van der Waals surface area contributed by atoms with Gasteiger partial charge < -0.3 is 4.90 Å². The molecule has 1 aromatic rings. The molecule has 0 saturated carbocycles. The molecule has 0 saturated heterocycles. The number of primary sulfonamides is 1. The Morgan fingerprint density at radius 2 is 2.00 bits per heavy atom. The minimum atomic E-state index is -4.05. The Balaban J connectivity index is 3.39. The van der Waals surface area contributed by atoms with Gasteiger partial charge >= 0.3 is 0 Å². The highest BCUT2D eigenvalue weighted by molar-refractivity contribution is 9.10. The molecule has 0 atom stereocenters. The van der Waals surface area contributed by atoms with E-state index in [9.17, 15) is 17.6 Å². The molecule has 0 aliphatic heterocycles. The molecule has 0 aromatic heterocycles. The van der Waals surface area contributed by atoms with Crippen molar-refractivity contribution in [1.82, 2.24) is 4.90 Å². The lowest BCUT2D eigenvalue weighted by Gasteiger charge is -2.26. The van der Waals surface area contributed by atoms with Crippen LogP contribution in [0.1, 0.15) is 37.6 Å². The average molecular weight is 381 g/mol. The molecule has 8 heteroatoms. The summed E-state index contributed by atoms with van der Waals surface area (Å²) in [6, 6.07) is 1.79. The molecule has 0 radical (unpaired) electrons. The van der Waals surface area contributed by atoms with E-state index in [1.54, 1.807) is 0 Å². The first-order valence-electron chi connectivity index (χ1n) is 6.42. The summed E-state index contributed by atoms with van der Waals surface area (Å²) in [5.74, 6) is -1.34. The first-order chi connectivity index (χ1) is 9.59. The Morgan fingerprint density at radius 3 is 2.43 bits per heavy atom. The van der Waals surface area contributed by atoms with Crippen LogP contribution in [0.15, 0.2) is 21.5 Å². The molecule has 0 unspecified atom stereocenters. The molecule has 0 aliphatic carbocycles. The van der Waals surface area contributed by atoms with E-state index in [0.717, 1.165) is 12.1 Å². The van der Waals surface area contributed by atoms with Gasteiger partial charge in [-0.2, -0.15) is 0 Å². The van der Waals surface area contributed by atoms with E-state index in [-0.39, 0.29) is 21.0 Å². The van der Waals surface area contributed by atoms with Crippen molar-refractivity contribution in [3.05, 3.63) is 28.0 Å². The maximum Gasteiger partial charge on any atom is 0.257 e. The number of benzene rings is 1. The number of carbonyl (C=O) groups excluding carboxylic acids is 1. The molecule has 118 valence electrons. The molecule has 1 aromatic carbocycles. The van der Waals surface area contributed by atoms with Crippen molar-refractivity contribution in [3.8, 4) is 0 Å². The number of hydrogen-bond acceptors (Lipinski definition) is 3. The summed E-state index contributed by atoms with van der Waals surface area (Å²) in [4.78, 5) is 13.6. The smallest absolute Gasteiger partial charge is 0.257 e. The average Bonchev–Trinajstić information content (AvgIpc) is 2.33. The van der Waals surface area contributed by atoms with E-state index in [1.165, 1.54) is 4.90 Å². The van der Waals surface area contributed by atoms with Gasteiger partial charge in [0.25, 0.3) is 5.91 Å². The third kappa shape index (κ3) is 4.24.